The van der Waals surface area contributed by atoms with Crippen molar-refractivity contribution in [2.24, 2.45) is 12.2 Å². The second-order valence-electron chi connectivity index (χ2n) is 7.81. The summed E-state index contributed by atoms with van der Waals surface area (Å²) in [6.07, 6.45) is 1.76. The van der Waals surface area contributed by atoms with E-state index in [0.717, 1.165) is 22.0 Å². The van der Waals surface area contributed by atoms with Crippen LogP contribution in [0.5, 0.6) is 0 Å². The summed E-state index contributed by atoms with van der Waals surface area (Å²) in [5, 5.41) is 4.39. The zero-order chi connectivity index (χ0) is 23.7. The Morgan fingerprint density at radius 1 is 0.912 bits per heavy atom. The Labute approximate surface area is 196 Å². The van der Waals surface area contributed by atoms with Crippen LogP contribution in [0.25, 0.3) is 0 Å². The maximum atomic E-state index is 12.8. The van der Waals surface area contributed by atoms with Gasteiger partial charge in [-0.15, -0.1) is 0 Å². The van der Waals surface area contributed by atoms with Crippen LogP contribution in [-0.4, -0.2) is 32.1 Å². The van der Waals surface area contributed by atoms with Crippen LogP contribution in [0.3, 0.4) is 0 Å². The second kappa shape index (κ2) is 8.74. The van der Waals surface area contributed by atoms with Crippen LogP contribution in [0.2, 0.25) is 0 Å². The highest BCUT2D eigenvalue weighted by molar-refractivity contribution is 6.34. The number of anilines is 1. The molecule has 2 amide bonds. The molecular weight excluding hydrogens is 430 g/mol. The molecule has 4 aromatic rings. The fourth-order valence-electron chi connectivity index (χ4n) is 3.80. The van der Waals surface area contributed by atoms with Crippen molar-refractivity contribution in [1.82, 2.24) is 14.5 Å². The van der Waals surface area contributed by atoms with Gasteiger partial charge in [0.15, 0.2) is 6.61 Å². The van der Waals surface area contributed by atoms with E-state index in [1.807, 2.05) is 48.9 Å². The average Bonchev–Trinajstić information content (AvgIpc) is 3.33. The number of carbonyl (C=O) groups excluding carboxylic acids is 2. The summed E-state index contributed by atoms with van der Waals surface area (Å²) < 4.78 is 1.94. The van der Waals surface area contributed by atoms with Crippen LogP contribution in [0, 0.1) is 6.92 Å². The Morgan fingerprint density at radius 2 is 1.59 bits per heavy atom. The summed E-state index contributed by atoms with van der Waals surface area (Å²) in [5.41, 5.74) is 3.63. The van der Waals surface area contributed by atoms with Crippen molar-refractivity contribution < 1.29 is 14.4 Å². The molecule has 5 rings (SSSR count). The molecule has 1 aliphatic heterocycles. The maximum absolute atomic E-state index is 12.8. The Balaban J connectivity index is 1.39. The number of aryl methyl sites for hydroxylation is 1. The van der Waals surface area contributed by atoms with E-state index in [0.29, 0.717) is 22.5 Å². The fraction of sp³-hybridized carbons (Fsp3) is 0.115. The molecule has 3 heterocycles. The molecule has 1 aliphatic rings. The number of aromatic nitrogens is 3. The van der Waals surface area contributed by atoms with Gasteiger partial charge in [0.1, 0.15) is 17.4 Å². The fourth-order valence-corrected chi connectivity index (χ4v) is 3.80. The van der Waals surface area contributed by atoms with Crippen molar-refractivity contribution in [3.05, 3.63) is 113 Å². The number of nitrogens with zero attached hydrogens (tertiary/aromatic N) is 5. The number of rotatable bonds is 6. The number of oxime groups is 1. The van der Waals surface area contributed by atoms with Gasteiger partial charge in [-0.25, -0.2) is 14.9 Å². The lowest BCUT2D eigenvalue weighted by Crippen LogP contribution is -2.30. The summed E-state index contributed by atoms with van der Waals surface area (Å²) in [7, 11) is 1.92. The second-order valence-corrected chi connectivity index (χ2v) is 7.81. The molecule has 0 spiro atoms. The normalized spacial score (nSPS) is 13.4. The van der Waals surface area contributed by atoms with Gasteiger partial charge in [0.25, 0.3) is 11.8 Å². The third-order valence-electron chi connectivity index (χ3n) is 5.69. The van der Waals surface area contributed by atoms with Gasteiger partial charge < -0.3 is 9.40 Å². The molecule has 0 atom stereocenters. The molecule has 0 saturated carbocycles. The third kappa shape index (κ3) is 3.75. The van der Waals surface area contributed by atoms with E-state index < -0.39 is 0 Å². The van der Waals surface area contributed by atoms with Crippen molar-refractivity contribution in [3.8, 4) is 0 Å². The highest BCUT2D eigenvalue weighted by Crippen LogP contribution is 2.27. The first-order chi connectivity index (χ1) is 16.5. The molecule has 168 valence electrons. The van der Waals surface area contributed by atoms with Gasteiger partial charge in [-0.05, 0) is 31.2 Å². The van der Waals surface area contributed by atoms with Crippen molar-refractivity contribution in [2.75, 3.05) is 4.90 Å². The number of imidazole rings is 1. The van der Waals surface area contributed by atoms with E-state index in [1.54, 1.807) is 48.7 Å². The Kier molecular flexibility index (Phi) is 5.47. The minimum atomic E-state index is -0.387. The lowest BCUT2D eigenvalue weighted by atomic mass is 10.1. The van der Waals surface area contributed by atoms with Crippen LogP contribution in [0.1, 0.15) is 43.5 Å². The minimum Gasteiger partial charge on any atom is -0.389 e. The summed E-state index contributed by atoms with van der Waals surface area (Å²) in [4.78, 5) is 41.2. The van der Waals surface area contributed by atoms with Gasteiger partial charge in [0, 0.05) is 12.6 Å². The molecular formula is C26H21N5O3. The van der Waals surface area contributed by atoms with E-state index in [9.17, 15) is 9.59 Å². The highest BCUT2D eigenvalue weighted by Gasteiger charge is 2.37. The van der Waals surface area contributed by atoms with Crippen molar-refractivity contribution in [2.45, 2.75) is 13.5 Å². The van der Waals surface area contributed by atoms with Gasteiger partial charge in [-0.1, -0.05) is 53.7 Å². The molecule has 0 N–H and O–H groups in total. The predicted octanol–water partition coefficient (Wildman–Crippen LogP) is 3.89. The number of benzene rings is 2. The predicted molar refractivity (Wildman–Crippen MR) is 127 cm³/mol. The standard InChI is InChI=1S/C26H21N5O3/c1-17-27-15-22(30(17)2)24(18-9-4-3-5-10-18)29-34-16-19-11-8-14-23(28-19)31-25(32)20-12-6-7-13-21(20)26(31)33/h3-15H,16H2,1-2H3/b29-24-. The smallest absolute Gasteiger partial charge is 0.267 e. The van der Waals surface area contributed by atoms with Crippen LogP contribution in [0.15, 0.2) is 84.1 Å². The Morgan fingerprint density at radius 3 is 2.24 bits per heavy atom. The first-order valence-corrected chi connectivity index (χ1v) is 10.7. The van der Waals surface area contributed by atoms with Crippen LogP contribution in [-0.2, 0) is 18.5 Å². The molecule has 34 heavy (non-hydrogen) atoms. The largest absolute Gasteiger partial charge is 0.389 e. The molecule has 2 aromatic heterocycles. The van der Waals surface area contributed by atoms with Gasteiger partial charge in [0.05, 0.1) is 28.7 Å². The van der Waals surface area contributed by atoms with Gasteiger partial charge >= 0.3 is 0 Å². The summed E-state index contributed by atoms with van der Waals surface area (Å²) in [5.74, 6) is 0.333. The molecule has 0 bridgehead atoms. The molecule has 2 aromatic carbocycles. The molecule has 0 unspecified atom stereocenters. The van der Waals surface area contributed by atoms with Gasteiger partial charge in [0.2, 0.25) is 0 Å². The summed E-state index contributed by atoms with van der Waals surface area (Å²) in [6, 6.07) is 21.6. The zero-order valence-corrected chi connectivity index (χ0v) is 18.7. The first-order valence-electron chi connectivity index (χ1n) is 10.7. The van der Waals surface area contributed by atoms with Gasteiger partial charge in [-0.2, -0.15) is 0 Å². The SMILES string of the molecule is Cc1ncc(/C(=N\OCc2cccc(N3C(=O)c4ccccc4C3=O)n2)c2ccccc2)n1C. The molecule has 0 aliphatic carbocycles. The number of pyridine rings is 1. The molecule has 8 heteroatoms. The molecule has 0 saturated heterocycles. The number of amides is 2. The number of hydrogen-bond acceptors (Lipinski definition) is 6. The van der Waals surface area contributed by atoms with Crippen LogP contribution in [0.4, 0.5) is 5.82 Å². The molecule has 0 radical (unpaired) electrons. The van der Waals surface area contributed by atoms with E-state index in [-0.39, 0.29) is 24.2 Å². The van der Waals surface area contributed by atoms with Gasteiger partial charge in [-0.3, -0.25) is 9.59 Å². The molecule has 8 nitrogen and oxygen atoms in total. The summed E-state index contributed by atoms with van der Waals surface area (Å²) in [6.45, 7) is 1.98. The number of carbonyl (C=O) groups is 2. The van der Waals surface area contributed by atoms with E-state index in [2.05, 4.69) is 15.1 Å². The maximum Gasteiger partial charge on any atom is 0.267 e. The number of imide groups is 1. The number of hydrogen-bond donors (Lipinski definition) is 0. The monoisotopic (exact) mass is 451 g/mol. The van der Waals surface area contributed by atoms with Crippen molar-refractivity contribution in [1.29, 1.82) is 0 Å². The average molecular weight is 451 g/mol. The topological polar surface area (TPSA) is 89.7 Å². The number of fused-ring (bicyclic) bond motifs is 1. The third-order valence-corrected chi connectivity index (χ3v) is 5.69. The lowest BCUT2D eigenvalue weighted by molar-refractivity contribution is 0.0924. The van der Waals surface area contributed by atoms with Crippen molar-refractivity contribution in [3.63, 3.8) is 0 Å². The van der Waals surface area contributed by atoms with E-state index >= 15 is 0 Å². The summed E-state index contributed by atoms with van der Waals surface area (Å²) >= 11 is 0. The lowest BCUT2D eigenvalue weighted by Gasteiger charge is -2.13. The zero-order valence-electron chi connectivity index (χ0n) is 18.7. The first kappa shape index (κ1) is 21.3. The van der Waals surface area contributed by atoms with E-state index in [4.69, 9.17) is 4.84 Å². The molecule has 0 fully saturated rings. The van der Waals surface area contributed by atoms with Crippen molar-refractivity contribution >= 4 is 23.3 Å². The van der Waals surface area contributed by atoms with Crippen LogP contribution >= 0.6 is 0 Å². The highest BCUT2D eigenvalue weighted by atomic mass is 16.6. The Bertz CT molecular complexity index is 1390. The van der Waals surface area contributed by atoms with Crippen LogP contribution < -0.4 is 4.90 Å². The quantitative estimate of drug-likeness (QED) is 0.252. The Hall–Kier alpha value is -4.59. The minimum absolute atomic E-state index is 0.0597. The van der Waals surface area contributed by atoms with E-state index in [1.165, 1.54) is 0 Å².